The fourth-order valence-electron chi connectivity index (χ4n) is 13.9. The van der Waals surface area contributed by atoms with E-state index in [0.717, 1.165) is 166 Å². The minimum absolute atomic E-state index is 0.000429. The summed E-state index contributed by atoms with van der Waals surface area (Å²) in [6, 6.07) is 42.8. The van der Waals surface area contributed by atoms with Gasteiger partial charge in [0.15, 0.2) is 25.7 Å². The maximum Gasteiger partial charge on any atom is 0.394 e. The van der Waals surface area contributed by atoms with E-state index in [0.29, 0.717) is 68.3 Å². The SMILES string of the molecule is COc1ccc(F)cc1Nc1nc2c(ccc3nc(C)n(C)c32)s1.COc1ccc(F)cc1Nc1nc2c(ccc3ncn(C)c32)s1.COc1ccccc1Nc1nc2c(ccc3nc(C)n(C)c32)s1.Cc1nc2ccc3sc(Nc4cc(S(N)(=O)=O)ccc4OC(C)(F)F)nc3c2n1C.Cn1cnc2ccc3sc(Nc4cc(S(N)(=O)=O)ccc4OC(C)(F)F)nc3c21. The van der Waals surface area contributed by atoms with E-state index in [9.17, 15) is 43.2 Å². The van der Waals surface area contributed by atoms with Gasteiger partial charge in [0.05, 0.1) is 151 Å². The van der Waals surface area contributed by atoms with Gasteiger partial charge in [-0.25, -0.2) is 85.7 Å². The number of imidazole rings is 5. The molecule has 0 amide bonds. The number of ether oxygens (including phenoxy) is 5. The lowest BCUT2D eigenvalue weighted by molar-refractivity contribution is -0.159. The number of aromatic nitrogens is 15. The molecule has 9 N–H and O–H groups in total. The van der Waals surface area contributed by atoms with E-state index in [1.807, 2.05) is 147 Å². The molecule has 10 aromatic carbocycles. The highest BCUT2D eigenvalue weighted by Gasteiger charge is 2.29. The number of sulfonamides is 2. The zero-order valence-electron chi connectivity index (χ0n) is 70.3. The second-order valence-electron chi connectivity index (χ2n) is 29.1. The number of hydrogen-bond acceptors (Lipinski definition) is 29. The van der Waals surface area contributed by atoms with E-state index >= 15 is 0 Å². The van der Waals surface area contributed by atoms with Crippen molar-refractivity contribution in [3.05, 3.63) is 199 Å². The fraction of sp³-hybridized carbons (Fsp3) is 0.176. The minimum atomic E-state index is -4.05. The Morgan fingerprint density at radius 3 is 0.938 bits per heavy atom. The summed E-state index contributed by atoms with van der Waals surface area (Å²) in [5, 5.41) is 28.7. The molecule has 0 bridgehead atoms. The Hall–Kier alpha value is -13.6. The molecule has 0 unspecified atom stereocenters. The van der Waals surface area contributed by atoms with Crippen molar-refractivity contribution in [2.45, 2.75) is 56.6 Å². The van der Waals surface area contributed by atoms with Crippen molar-refractivity contribution in [2.24, 2.45) is 45.5 Å². The van der Waals surface area contributed by atoms with Gasteiger partial charge >= 0.3 is 12.2 Å². The molecule has 0 saturated heterocycles. The summed E-state index contributed by atoms with van der Waals surface area (Å²) in [7, 11) is 6.35. The first-order valence-electron chi connectivity index (χ1n) is 38.5. The van der Waals surface area contributed by atoms with Gasteiger partial charge in [-0.15, -0.1) is 0 Å². The predicted octanol–water partition coefficient (Wildman–Crippen LogP) is 20.1. The molecule has 0 aliphatic heterocycles. The third-order valence-electron chi connectivity index (χ3n) is 20.1. The highest BCUT2D eigenvalue weighted by Crippen LogP contribution is 2.44. The number of methoxy groups -OCH3 is 3. The quantitative estimate of drug-likeness (QED) is 0.0370. The first-order chi connectivity index (χ1) is 61.3. The molecular formula is C85H76F6N22O9S7. The molecule has 0 aliphatic carbocycles. The maximum atomic E-state index is 13.5. The lowest BCUT2D eigenvalue weighted by Crippen LogP contribution is -2.20. The molecule has 44 heteroatoms. The number of para-hydroxylation sites is 2. The molecule has 664 valence electrons. The number of primary sulfonamides is 2. The van der Waals surface area contributed by atoms with E-state index in [-0.39, 0.29) is 44.3 Å². The molecule has 20 aromatic rings. The summed E-state index contributed by atoms with van der Waals surface area (Å²) in [5.74, 6) is 3.54. The second kappa shape index (κ2) is 35.2. The molecule has 10 heterocycles. The third-order valence-corrected chi connectivity index (χ3v) is 26.6. The molecule has 0 fully saturated rings. The maximum absolute atomic E-state index is 13.5. The van der Waals surface area contributed by atoms with E-state index in [1.54, 1.807) is 57.5 Å². The molecule has 129 heavy (non-hydrogen) atoms. The van der Waals surface area contributed by atoms with E-state index in [2.05, 4.69) is 97.6 Å². The average molecular weight is 1890 g/mol. The summed E-state index contributed by atoms with van der Waals surface area (Å²) in [6.45, 7) is 7.02. The van der Waals surface area contributed by atoms with Crippen molar-refractivity contribution in [2.75, 3.05) is 47.9 Å². The van der Waals surface area contributed by atoms with Crippen LogP contribution in [-0.2, 0) is 55.3 Å². The number of halogens is 6. The summed E-state index contributed by atoms with van der Waals surface area (Å²) in [6.07, 6.45) is -3.49. The van der Waals surface area contributed by atoms with Crippen LogP contribution in [0.3, 0.4) is 0 Å². The van der Waals surface area contributed by atoms with Gasteiger partial charge in [-0.05, 0) is 154 Å². The minimum Gasteiger partial charge on any atom is -0.495 e. The van der Waals surface area contributed by atoms with Crippen LogP contribution >= 0.6 is 56.7 Å². The molecule has 0 spiro atoms. The summed E-state index contributed by atoms with van der Waals surface area (Å²) in [5.41, 5.74) is 15.2. The van der Waals surface area contributed by atoms with Crippen molar-refractivity contribution in [1.82, 2.24) is 72.7 Å². The number of thiazole rings is 5. The van der Waals surface area contributed by atoms with Gasteiger partial charge in [-0.3, -0.25) is 0 Å². The molecule has 0 atom stereocenters. The Kier molecular flexibility index (Phi) is 24.2. The number of alkyl halides is 4. The zero-order chi connectivity index (χ0) is 91.6. The monoisotopic (exact) mass is 1890 g/mol. The number of anilines is 10. The number of hydrogen-bond donors (Lipinski definition) is 7. The van der Waals surface area contributed by atoms with Gasteiger partial charge in [0, 0.05) is 61.2 Å². The van der Waals surface area contributed by atoms with Gasteiger partial charge in [0.2, 0.25) is 20.0 Å². The van der Waals surface area contributed by atoms with Crippen LogP contribution in [0.1, 0.15) is 31.3 Å². The normalized spacial score (nSPS) is 11.9. The van der Waals surface area contributed by atoms with Crippen LogP contribution in [0.15, 0.2) is 180 Å². The van der Waals surface area contributed by atoms with Crippen LogP contribution in [0.5, 0.6) is 28.7 Å². The van der Waals surface area contributed by atoms with E-state index in [1.165, 1.54) is 69.6 Å². The smallest absolute Gasteiger partial charge is 0.394 e. The Morgan fingerprint density at radius 1 is 0.349 bits per heavy atom. The summed E-state index contributed by atoms with van der Waals surface area (Å²) in [4.78, 5) is 44.9. The molecule has 0 aliphatic rings. The van der Waals surface area contributed by atoms with Crippen LogP contribution in [0.25, 0.3) is 106 Å². The van der Waals surface area contributed by atoms with Crippen molar-refractivity contribution in [1.29, 1.82) is 0 Å². The molecule has 20 rings (SSSR count). The van der Waals surface area contributed by atoms with Gasteiger partial charge in [-0.2, -0.15) is 17.6 Å². The lowest BCUT2D eigenvalue weighted by Gasteiger charge is -2.17. The number of nitrogens with two attached hydrogens (primary N) is 2. The van der Waals surface area contributed by atoms with Gasteiger partial charge < -0.3 is 73.1 Å². The van der Waals surface area contributed by atoms with E-state index in [4.69, 9.17) is 29.5 Å². The van der Waals surface area contributed by atoms with Crippen molar-refractivity contribution in [3.8, 4) is 28.7 Å². The highest BCUT2D eigenvalue weighted by atomic mass is 32.2. The fourth-order valence-corrected chi connectivity index (χ4v) is 19.4. The van der Waals surface area contributed by atoms with Gasteiger partial charge in [-0.1, -0.05) is 68.8 Å². The number of rotatable bonds is 19. The Morgan fingerprint density at radius 2 is 0.628 bits per heavy atom. The number of benzene rings is 10. The van der Waals surface area contributed by atoms with Crippen molar-refractivity contribution < 1.29 is 66.9 Å². The van der Waals surface area contributed by atoms with Crippen molar-refractivity contribution in [3.63, 3.8) is 0 Å². The lowest BCUT2D eigenvalue weighted by atomic mass is 10.3. The van der Waals surface area contributed by atoms with Crippen molar-refractivity contribution >= 4 is 237 Å². The molecular weight excluding hydrogens is 1810 g/mol. The molecule has 0 saturated carbocycles. The standard InChI is InChI=1S/C18H17F2N5O3S2.C17H15F2N5O3S2.C17H15FN4OS.C17H16N4OS.C16H13FN4OS/c1-9-22-11-5-7-14-15(16(11)25(9)3)24-17(29-14)23-12-8-10(30(21,26)27)4-6-13(12)28-18(2,19)20;1-17(18,19)27-12-5-3-9(29(20,25)26)7-11(12)22-16-23-14-13(28-16)6-4-10-15(14)24(2)8-21-10;1-9-19-11-5-7-14-15(16(11)22(9)2)21-17(24-14)20-12-8-10(18)4-6-13(12)23-3;1-10-18-12-8-9-14-15(16(12)21(10)2)20-17(23-14)19-11-6-4-5-7-13(11)22-3;1-21-8-18-10-4-6-13-14(15(10)21)20-16(23-13)19-11-7-9(17)3-5-12(11)22-2/h4-8H,1-3H3,(H,23,24)(H2,21,26,27);3-8H,1-2H3,(H,22,23)(H2,20,25,26);4-8H,1-3H3,(H,20,21);4-9H,1-3H3,(H,19,20);3-8H,1-2H3,(H,19,20). The third kappa shape index (κ3) is 18.9. The summed E-state index contributed by atoms with van der Waals surface area (Å²) >= 11 is 7.19. The first kappa shape index (κ1) is 88.8. The largest absolute Gasteiger partial charge is 0.495 e. The number of nitrogens with zero attached hydrogens (tertiary/aromatic N) is 15. The van der Waals surface area contributed by atoms with Crippen LogP contribution in [0.4, 0.5) is 80.4 Å². The molecule has 31 nitrogen and oxygen atoms in total. The second-order valence-corrected chi connectivity index (χ2v) is 37.4. The van der Waals surface area contributed by atoms with Crippen LogP contribution < -0.4 is 60.5 Å². The number of aryl methyl sites for hydroxylation is 8. The number of fused-ring (bicyclic) bond motifs is 15. The Labute approximate surface area is 749 Å². The Bertz CT molecular complexity index is 7990. The first-order valence-corrected chi connectivity index (χ1v) is 45.7. The van der Waals surface area contributed by atoms with Gasteiger partial charge in [0.25, 0.3) is 0 Å². The average Bonchev–Trinajstić information content (AvgIpc) is 1.62. The van der Waals surface area contributed by atoms with Crippen LogP contribution in [-0.4, -0.2) is 123 Å². The van der Waals surface area contributed by atoms with Gasteiger partial charge in [0.1, 0.15) is 85.4 Å². The van der Waals surface area contributed by atoms with E-state index < -0.39 is 32.3 Å². The zero-order valence-corrected chi connectivity index (χ0v) is 76.0. The highest BCUT2D eigenvalue weighted by molar-refractivity contribution is 7.89. The summed E-state index contributed by atoms with van der Waals surface area (Å²) < 4.78 is 167. The topological polar surface area (TPSA) is 380 Å². The molecule has 0 radical (unpaired) electrons. The number of nitrogens with one attached hydrogen (secondary N) is 5. The van der Waals surface area contributed by atoms with Crippen LogP contribution in [0, 0.1) is 32.4 Å². The Balaban J connectivity index is 0.000000119. The molecule has 10 aromatic heterocycles. The predicted molar refractivity (Wildman–Crippen MR) is 497 cm³/mol. The van der Waals surface area contributed by atoms with Crippen LogP contribution in [0.2, 0.25) is 0 Å².